The molecule has 0 amide bonds. The summed E-state index contributed by atoms with van der Waals surface area (Å²) in [6.45, 7) is 0. The van der Waals surface area contributed by atoms with Gasteiger partial charge in [-0.15, -0.1) is 10.2 Å². The third-order valence-electron chi connectivity index (χ3n) is 4.62. The zero-order chi connectivity index (χ0) is 14.4. The van der Waals surface area contributed by atoms with Crippen molar-refractivity contribution in [1.29, 1.82) is 0 Å². The van der Waals surface area contributed by atoms with Crippen molar-refractivity contribution < 1.29 is 0 Å². The number of aryl methyl sites for hydroxylation is 1. The van der Waals surface area contributed by atoms with E-state index in [1.54, 1.807) is 11.6 Å². The first-order valence-electron chi connectivity index (χ1n) is 7.60. The molecule has 1 fully saturated rings. The van der Waals surface area contributed by atoms with Crippen molar-refractivity contribution in [2.75, 3.05) is 0 Å². The van der Waals surface area contributed by atoms with Gasteiger partial charge in [0.15, 0.2) is 0 Å². The lowest BCUT2D eigenvalue weighted by Gasteiger charge is -2.20. The van der Waals surface area contributed by atoms with Gasteiger partial charge in [0.25, 0.3) is 5.56 Å². The maximum Gasteiger partial charge on any atom is 0.262 e. The van der Waals surface area contributed by atoms with Gasteiger partial charge in [-0.05, 0) is 25.0 Å². The first-order valence-corrected chi connectivity index (χ1v) is 7.60. The van der Waals surface area contributed by atoms with Gasteiger partial charge in [-0.1, -0.05) is 31.4 Å². The van der Waals surface area contributed by atoms with Crippen molar-refractivity contribution in [3.05, 3.63) is 40.4 Å². The number of nitrogens with zero attached hydrogens (tertiary/aromatic N) is 4. The van der Waals surface area contributed by atoms with Crippen molar-refractivity contribution in [2.45, 2.75) is 38.0 Å². The Bertz CT molecular complexity index is 871. The number of hydrogen-bond acceptors (Lipinski definition) is 3. The molecular formula is C16H18N4O. The molecule has 0 N–H and O–H groups in total. The van der Waals surface area contributed by atoms with Crippen LogP contribution >= 0.6 is 0 Å². The topological polar surface area (TPSA) is 52.2 Å². The summed E-state index contributed by atoms with van der Waals surface area (Å²) >= 11 is 0. The fourth-order valence-corrected chi connectivity index (χ4v) is 3.48. The van der Waals surface area contributed by atoms with Crippen LogP contribution in [0.1, 0.15) is 43.8 Å². The molecule has 2 aromatic heterocycles. The average molecular weight is 282 g/mol. The van der Waals surface area contributed by atoms with Gasteiger partial charge in [-0.3, -0.25) is 13.8 Å². The molecule has 1 saturated carbocycles. The average Bonchev–Trinajstić information content (AvgIpc) is 2.99. The Balaban J connectivity index is 2.08. The van der Waals surface area contributed by atoms with E-state index in [9.17, 15) is 4.79 Å². The van der Waals surface area contributed by atoms with Crippen LogP contribution in [0.25, 0.3) is 16.7 Å². The van der Waals surface area contributed by atoms with Crippen LogP contribution in [0.2, 0.25) is 0 Å². The number of hydrogen-bond donors (Lipinski definition) is 0. The highest BCUT2D eigenvalue weighted by molar-refractivity contribution is 5.80. The van der Waals surface area contributed by atoms with Gasteiger partial charge in [-0.2, -0.15) is 0 Å². The van der Waals surface area contributed by atoms with Crippen LogP contribution in [0, 0.1) is 0 Å². The molecule has 0 atom stereocenters. The summed E-state index contributed by atoms with van der Waals surface area (Å²) in [5.74, 6) is 2.10. The SMILES string of the molecule is Cn1c(=O)c2ccccc2n2c(C3CCCCC3)nnc12. The lowest BCUT2D eigenvalue weighted by Crippen LogP contribution is -2.21. The van der Waals surface area contributed by atoms with Gasteiger partial charge in [0.1, 0.15) is 5.82 Å². The quantitative estimate of drug-likeness (QED) is 0.689. The van der Waals surface area contributed by atoms with E-state index in [-0.39, 0.29) is 5.56 Å². The number of benzene rings is 1. The second kappa shape index (κ2) is 4.69. The van der Waals surface area contributed by atoms with Crippen molar-refractivity contribution in [3.8, 4) is 0 Å². The Labute approximate surface area is 122 Å². The third kappa shape index (κ3) is 1.80. The van der Waals surface area contributed by atoms with E-state index in [2.05, 4.69) is 14.6 Å². The van der Waals surface area contributed by atoms with Gasteiger partial charge in [0.05, 0.1) is 10.9 Å². The Morgan fingerprint density at radius 1 is 1.10 bits per heavy atom. The molecule has 3 aromatic rings. The third-order valence-corrected chi connectivity index (χ3v) is 4.62. The number of rotatable bonds is 1. The van der Waals surface area contributed by atoms with Crippen LogP contribution in [0.4, 0.5) is 0 Å². The predicted octanol–water partition coefficient (Wildman–Crippen LogP) is 2.63. The lowest BCUT2D eigenvalue weighted by atomic mass is 9.89. The predicted molar refractivity (Wildman–Crippen MR) is 81.6 cm³/mol. The van der Waals surface area contributed by atoms with Crippen molar-refractivity contribution in [1.82, 2.24) is 19.2 Å². The Hall–Kier alpha value is -2.17. The Kier molecular flexibility index (Phi) is 2.80. The van der Waals surface area contributed by atoms with Crippen molar-refractivity contribution >= 4 is 16.7 Å². The molecule has 0 aliphatic heterocycles. The standard InChI is InChI=1S/C16H18N4O/c1-19-15(21)12-9-5-6-10-13(12)20-14(17-18-16(19)20)11-7-3-2-4-8-11/h5-6,9-11H,2-4,7-8H2,1H3. The summed E-state index contributed by atoms with van der Waals surface area (Å²) in [7, 11) is 1.77. The molecular weight excluding hydrogens is 264 g/mol. The minimum atomic E-state index is -0.0132. The Morgan fingerprint density at radius 3 is 2.67 bits per heavy atom. The van der Waals surface area contributed by atoms with Crippen LogP contribution in [-0.2, 0) is 7.05 Å². The molecule has 0 spiro atoms. The highest BCUT2D eigenvalue weighted by atomic mass is 16.1. The van der Waals surface area contributed by atoms with E-state index in [4.69, 9.17) is 0 Å². The highest BCUT2D eigenvalue weighted by Gasteiger charge is 2.23. The summed E-state index contributed by atoms with van der Waals surface area (Å²) in [6.07, 6.45) is 6.15. The van der Waals surface area contributed by atoms with E-state index < -0.39 is 0 Å². The van der Waals surface area contributed by atoms with Crippen molar-refractivity contribution in [3.63, 3.8) is 0 Å². The maximum atomic E-state index is 12.4. The number of para-hydroxylation sites is 1. The second-order valence-corrected chi connectivity index (χ2v) is 5.91. The Morgan fingerprint density at radius 2 is 1.86 bits per heavy atom. The summed E-state index contributed by atoms with van der Waals surface area (Å²) in [5, 5.41) is 9.43. The lowest BCUT2D eigenvalue weighted by molar-refractivity contribution is 0.427. The highest BCUT2D eigenvalue weighted by Crippen LogP contribution is 2.32. The number of aromatic nitrogens is 4. The molecule has 1 aromatic carbocycles. The zero-order valence-electron chi connectivity index (χ0n) is 12.1. The van der Waals surface area contributed by atoms with Gasteiger partial charge in [0, 0.05) is 13.0 Å². The van der Waals surface area contributed by atoms with Crippen LogP contribution < -0.4 is 5.56 Å². The van der Waals surface area contributed by atoms with Gasteiger partial charge in [0.2, 0.25) is 5.78 Å². The summed E-state index contributed by atoms with van der Waals surface area (Å²) in [4.78, 5) is 12.4. The van der Waals surface area contributed by atoms with Crippen molar-refractivity contribution in [2.24, 2.45) is 7.05 Å². The largest absolute Gasteiger partial charge is 0.279 e. The second-order valence-electron chi connectivity index (χ2n) is 5.91. The van der Waals surface area contributed by atoms with Gasteiger partial charge in [-0.25, -0.2) is 0 Å². The van der Waals surface area contributed by atoms with Crippen LogP contribution in [-0.4, -0.2) is 19.2 Å². The molecule has 0 unspecified atom stereocenters. The molecule has 0 radical (unpaired) electrons. The van der Waals surface area contributed by atoms with E-state index in [0.29, 0.717) is 11.7 Å². The molecule has 5 nitrogen and oxygen atoms in total. The number of fused-ring (bicyclic) bond motifs is 3. The molecule has 0 bridgehead atoms. The monoisotopic (exact) mass is 282 g/mol. The van der Waals surface area contributed by atoms with E-state index in [1.807, 2.05) is 24.3 Å². The molecule has 108 valence electrons. The molecule has 1 aliphatic rings. The summed E-state index contributed by atoms with van der Waals surface area (Å²) < 4.78 is 3.67. The molecule has 0 saturated heterocycles. The smallest absolute Gasteiger partial charge is 0.262 e. The van der Waals surface area contributed by atoms with E-state index in [1.165, 1.54) is 19.3 Å². The van der Waals surface area contributed by atoms with Crippen LogP contribution in [0.5, 0.6) is 0 Å². The van der Waals surface area contributed by atoms with Crippen LogP contribution in [0.3, 0.4) is 0 Å². The minimum absolute atomic E-state index is 0.0132. The minimum Gasteiger partial charge on any atom is -0.279 e. The van der Waals surface area contributed by atoms with E-state index >= 15 is 0 Å². The van der Waals surface area contributed by atoms with Gasteiger partial charge >= 0.3 is 0 Å². The maximum absolute atomic E-state index is 12.4. The van der Waals surface area contributed by atoms with Gasteiger partial charge < -0.3 is 0 Å². The van der Waals surface area contributed by atoms with Crippen LogP contribution in [0.15, 0.2) is 29.1 Å². The molecule has 5 heteroatoms. The molecule has 1 aliphatic carbocycles. The fraction of sp³-hybridized carbons (Fsp3) is 0.438. The molecule has 21 heavy (non-hydrogen) atoms. The first-order chi connectivity index (χ1) is 10.3. The normalized spacial score (nSPS) is 16.8. The van der Waals surface area contributed by atoms with E-state index in [0.717, 1.165) is 29.6 Å². The first kappa shape index (κ1) is 12.6. The summed E-state index contributed by atoms with van der Waals surface area (Å²) in [5.41, 5.74) is 0.905. The zero-order valence-corrected chi connectivity index (χ0v) is 12.1. The summed E-state index contributed by atoms with van der Waals surface area (Å²) in [6, 6.07) is 7.73. The fourth-order valence-electron chi connectivity index (χ4n) is 3.48. The molecule has 2 heterocycles. The molecule has 4 rings (SSSR count).